The van der Waals surface area contributed by atoms with Gasteiger partial charge in [0.1, 0.15) is 18.3 Å². The van der Waals surface area contributed by atoms with E-state index in [1.807, 2.05) is 19.1 Å². The quantitative estimate of drug-likeness (QED) is 0.401. The third kappa shape index (κ3) is 2.78. The van der Waals surface area contributed by atoms with Crippen LogP contribution in [-0.4, -0.2) is 62.5 Å². The van der Waals surface area contributed by atoms with Crippen LogP contribution in [0, 0.1) is 6.92 Å². The summed E-state index contributed by atoms with van der Waals surface area (Å²) in [6, 6.07) is 7.14. The van der Waals surface area contributed by atoms with E-state index in [4.69, 9.17) is 9.84 Å². The molecular formula is C13H19NO6. The second-order valence-electron chi connectivity index (χ2n) is 4.98. The summed E-state index contributed by atoms with van der Waals surface area (Å²) < 4.78 is 5.09. The van der Waals surface area contributed by atoms with E-state index in [1.165, 1.54) is 0 Å². The lowest BCUT2D eigenvalue weighted by molar-refractivity contribution is -0.349. The molecule has 1 aromatic carbocycles. The number of rotatable bonds is 3. The van der Waals surface area contributed by atoms with Crippen molar-refractivity contribution >= 4 is 5.69 Å². The number of ether oxygens (including phenoxy) is 1. The van der Waals surface area contributed by atoms with Gasteiger partial charge in [-0.05, 0) is 19.1 Å². The van der Waals surface area contributed by atoms with Crippen LogP contribution in [-0.2, 0) is 4.74 Å². The minimum absolute atomic E-state index is 0.600. The summed E-state index contributed by atoms with van der Waals surface area (Å²) in [6.45, 7) is 1.00. The van der Waals surface area contributed by atoms with E-state index in [0.717, 1.165) is 5.56 Å². The van der Waals surface area contributed by atoms with Crippen molar-refractivity contribution in [1.82, 2.24) is 0 Å². The summed E-state index contributed by atoms with van der Waals surface area (Å²) in [5, 5.41) is 51.0. The molecule has 5 atom stereocenters. The Morgan fingerprint density at radius 2 is 1.75 bits per heavy atom. The van der Waals surface area contributed by atoms with Crippen LogP contribution in [0.1, 0.15) is 5.56 Å². The molecule has 1 aromatic rings. The number of nitrogens with one attached hydrogen (secondary N) is 1. The number of hydrogen-bond donors (Lipinski definition) is 6. The molecule has 2 rings (SSSR count). The average molecular weight is 285 g/mol. The van der Waals surface area contributed by atoms with Gasteiger partial charge >= 0.3 is 0 Å². The molecule has 1 aliphatic heterocycles. The number of aryl methyl sites for hydroxylation is 1. The van der Waals surface area contributed by atoms with Gasteiger partial charge in [-0.3, -0.25) is 0 Å². The highest BCUT2D eigenvalue weighted by molar-refractivity contribution is 5.45. The van der Waals surface area contributed by atoms with Gasteiger partial charge in [0.15, 0.2) is 6.23 Å². The van der Waals surface area contributed by atoms with Crippen LogP contribution in [0.5, 0.6) is 0 Å². The molecule has 0 spiro atoms. The summed E-state index contributed by atoms with van der Waals surface area (Å²) in [5.41, 5.74) is 1.64. The Kier molecular flexibility index (Phi) is 4.28. The molecule has 20 heavy (non-hydrogen) atoms. The molecule has 0 saturated carbocycles. The van der Waals surface area contributed by atoms with E-state index in [9.17, 15) is 20.4 Å². The van der Waals surface area contributed by atoms with E-state index in [2.05, 4.69) is 5.32 Å². The highest BCUT2D eigenvalue weighted by atomic mass is 16.7. The standard InChI is InChI=1S/C13H19NO6/c1-7-2-4-8(5-3-7)14-12-10(17)9(16)11(18)13(19,6-15)20-12/h2-5,9-12,14-19H,6H2,1H3/t9-,10+,11+,12?,13+/m1/s1. The first-order chi connectivity index (χ1) is 9.37. The summed E-state index contributed by atoms with van der Waals surface area (Å²) in [7, 11) is 0. The lowest BCUT2D eigenvalue weighted by Gasteiger charge is -2.45. The highest BCUT2D eigenvalue weighted by Gasteiger charge is 2.52. The largest absolute Gasteiger partial charge is 0.391 e. The molecule has 1 unspecified atom stereocenters. The summed E-state index contributed by atoms with van der Waals surface area (Å²) in [4.78, 5) is 0. The molecule has 6 N–H and O–H groups in total. The van der Waals surface area contributed by atoms with Crippen LogP contribution in [0.4, 0.5) is 5.69 Å². The van der Waals surface area contributed by atoms with E-state index in [0.29, 0.717) is 5.69 Å². The average Bonchev–Trinajstić information content (AvgIpc) is 2.45. The molecule has 112 valence electrons. The molecule has 7 heteroatoms. The minimum Gasteiger partial charge on any atom is -0.391 e. The lowest BCUT2D eigenvalue weighted by Crippen LogP contribution is -2.67. The number of anilines is 1. The molecule has 0 aliphatic carbocycles. The SMILES string of the molecule is Cc1ccc(NC2O[C@@](O)(CO)[C@@H](O)[C@H](O)[C@@H]2O)cc1. The van der Waals surface area contributed by atoms with Crippen molar-refractivity contribution in [3.05, 3.63) is 29.8 Å². The van der Waals surface area contributed by atoms with Crippen molar-refractivity contribution < 1.29 is 30.3 Å². The smallest absolute Gasteiger partial charge is 0.220 e. The summed E-state index contributed by atoms with van der Waals surface area (Å²) >= 11 is 0. The van der Waals surface area contributed by atoms with Gasteiger partial charge in [0.25, 0.3) is 0 Å². The van der Waals surface area contributed by atoms with Crippen molar-refractivity contribution in [2.45, 2.75) is 37.3 Å². The third-order valence-electron chi connectivity index (χ3n) is 3.36. The van der Waals surface area contributed by atoms with Crippen LogP contribution < -0.4 is 5.32 Å². The Morgan fingerprint density at radius 3 is 2.30 bits per heavy atom. The zero-order valence-electron chi connectivity index (χ0n) is 11.0. The molecule has 0 bridgehead atoms. The molecule has 7 nitrogen and oxygen atoms in total. The predicted molar refractivity (Wildman–Crippen MR) is 69.7 cm³/mol. The van der Waals surface area contributed by atoms with Crippen molar-refractivity contribution in [3.63, 3.8) is 0 Å². The Bertz CT molecular complexity index is 453. The molecule has 0 aromatic heterocycles. The van der Waals surface area contributed by atoms with Gasteiger partial charge in [-0.1, -0.05) is 17.7 Å². The van der Waals surface area contributed by atoms with Gasteiger partial charge in [0, 0.05) is 5.69 Å². The maximum absolute atomic E-state index is 9.90. The highest BCUT2D eigenvalue weighted by Crippen LogP contribution is 2.28. The van der Waals surface area contributed by atoms with Crippen molar-refractivity contribution in [3.8, 4) is 0 Å². The first kappa shape index (κ1) is 15.2. The van der Waals surface area contributed by atoms with Gasteiger partial charge in [-0.15, -0.1) is 0 Å². The van der Waals surface area contributed by atoms with Gasteiger partial charge in [-0.2, -0.15) is 0 Å². The lowest BCUT2D eigenvalue weighted by atomic mass is 9.95. The van der Waals surface area contributed by atoms with Gasteiger partial charge in [0.2, 0.25) is 5.79 Å². The van der Waals surface area contributed by atoms with E-state index < -0.39 is 36.9 Å². The maximum Gasteiger partial charge on any atom is 0.220 e. The van der Waals surface area contributed by atoms with Crippen molar-refractivity contribution in [2.24, 2.45) is 0 Å². The third-order valence-corrected chi connectivity index (χ3v) is 3.36. The van der Waals surface area contributed by atoms with Crippen molar-refractivity contribution in [2.75, 3.05) is 11.9 Å². The fourth-order valence-corrected chi connectivity index (χ4v) is 2.05. The van der Waals surface area contributed by atoms with Crippen LogP contribution in [0.15, 0.2) is 24.3 Å². The van der Waals surface area contributed by atoms with Gasteiger partial charge in [-0.25, -0.2) is 0 Å². The summed E-state index contributed by atoms with van der Waals surface area (Å²) in [5.74, 6) is -2.33. The van der Waals surface area contributed by atoms with E-state index in [-0.39, 0.29) is 0 Å². The van der Waals surface area contributed by atoms with E-state index in [1.54, 1.807) is 12.1 Å². The fourth-order valence-electron chi connectivity index (χ4n) is 2.05. The zero-order valence-corrected chi connectivity index (χ0v) is 11.0. The monoisotopic (exact) mass is 285 g/mol. The van der Waals surface area contributed by atoms with Gasteiger partial charge < -0.3 is 35.6 Å². The summed E-state index contributed by atoms with van der Waals surface area (Å²) in [6.07, 6.45) is -6.09. The Hall–Kier alpha value is -1.22. The van der Waals surface area contributed by atoms with Crippen LogP contribution >= 0.6 is 0 Å². The number of aliphatic hydroxyl groups is 5. The van der Waals surface area contributed by atoms with Crippen LogP contribution in [0.25, 0.3) is 0 Å². The normalized spacial score (nSPS) is 37.7. The van der Waals surface area contributed by atoms with Crippen LogP contribution in [0.2, 0.25) is 0 Å². The Balaban J connectivity index is 2.16. The number of benzene rings is 1. The first-order valence-corrected chi connectivity index (χ1v) is 6.26. The molecule has 1 fully saturated rings. The fraction of sp³-hybridized carbons (Fsp3) is 0.538. The maximum atomic E-state index is 9.90. The predicted octanol–water partition coefficient (Wildman–Crippen LogP) is -1.47. The second kappa shape index (κ2) is 5.65. The van der Waals surface area contributed by atoms with Crippen LogP contribution in [0.3, 0.4) is 0 Å². The topological polar surface area (TPSA) is 122 Å². The van der Waals surface area contributed by atoms with Gasteiger partial charge in [0.05, 0.1) is 6.61 Å². The first-order valence-electron chi connectivity index (χ1n) is 6.26. The van der Waals surface area contributed by atoms with Crippen molar-refractivity contribution in [1.29, 1.82) is 0 Å². The molecule has 1 aliphatic rings. The molecule has 0 radical (unpaired) electrons. The van der Waals surface area contributed by atoms with E-state index >= 15 is 0 Å². The minimum atomic E-state index is -2.33. The number of hydrogen-bond acceptors (Lipinski definition) is 7. The number of aliphatic hydroxyl groups excluding tert-OH is 4. The Morgan fingerprint density at radius 1 is 1.15 bits per heavy atom. The Labute approximate surface area is 116 Å². The molecular weight excluding hydrogens is 266 g/mol. The molecule has 1 heterocycles. The zero-order chi connectivity index (χ0) is 14.9. The molecule has 0 amide bonds. The second-order valence-corrected chi connectivity index (χ2v) is 4.98. The molecule has 1 saturated heterocycles.